The van der Waals surface area contributed by atoms with Crippen LogP contribution in [0.5, 0.6) is 0 Å². The second-order valence-corrected chi connectivity index (χ2v) is 9.12. The molecule has 2 aromatic carbocycles. The van der Waals surface area contributed by atoms with E-state index in [0.29, 0.717) is 28.9 Å². The second kappa shape index (κ2) is 7.86. The largest absolute Gasteiger partial charge is 0.465 e. The van der Waals surface area contributed by atoms with Gasteiger partial charge in [-0.15, -0.1) is 0 Å². The third-order valence-electron chi connectivity index (χ3n) is 6.40. The van der Waals surface area contributed by atoms with Crippen LogP contribution in [0, 0.1) is 5.92 Å². The first-order chi connectivity index (χ1) is 13.9. The fourth-order valence-corrected chi connectivity index (χ4v) is 5.29. The number of fused-ring (bicyclic) bond motifs is 1. The number of ether oxygens (including phenoxy) is 1. The van der Waals surface area contributed by atoms with Gasteiger partial charge < -0.3 is 14.9 Å². The highest BCUT2D eigenvalue weighted by atomic mass is 79.9. The van der Waals surface area contributed by atoms with E-state index in [1.54, 1.807) is 12.1 Å². The van der Waals surface area contributed by atoms with Gasteiger partial charge in [0.25, 0.3) is 0 Å². The summed E-state index contributed by atoms with van der Waals surface area (Å²) in [6, 6.07) is 12.8. The van der Waals surface area contributed by atoms with Gasteiger partial charge in [0, 0.05) is 10.9 Å². The molecule has 0 spiro atoms. The maximum absolute atomic E-state index is 13.0. The zero-order valence-corrected chi connectivity index (χ0v) is 18.2. The summed E-state index contributed by atoms with van der Waals surface area (Å²) in [4.78, 5) is 13.0. The van der Waals surface area contributed by atoms with Crippen molar-refractivity contribution in [3.05, 3.63) is 69.2 Å². The molecule has 4 nitrogen and oxygen atoms in total. The Bertz CT molecular complexity index is 927. The third-order valence-corrected chi connectivity index (χ3v) is 6.89. The molecule has 3 unspecified atom stereocenters. The topological polar surface area (TPSA) is 66.8 Å². The molecule has 0 saturated heterocycles. The van der Waals surface area contributed by atoms with Gasteiger partial charge in [-0.05, 0) is 40.8 Å². The molecular formula is C24H27BrO4. The van der Waals surface area contributed by atoms with Crippen LogP contribution in [0.3, 0.4) is 0 Å². The molecule has 29 heavy (non-hydrogen) atoms. The Morgan fingerprint density at radius 1 is 1.03 bits per heavy atom. The molecule has 2 bridgehead atoms. The number of unbranched alkanes of at least 4 members (excludes halogenated alkanes) is 4. The molecule has 3 aliphatic rings. The van der Waals surface area contributed by atoms with Gasteiger partial charge in [-0.25, -0.2) is 0 Å². The summed E-state index contributed by atoms with van der Waals surface area (Å²) in [5.74, 6) is -1.28. The molecule has 154 valence electrons. The summed E-state index contributed by atoms with van der Waals surface area (Å²) in [7, 11) is 0. The molecule has 3 aliphatic carbocycles. The highest BCUT2D eigenvalue weighted by Gasteiger charge is 2.62. The van der Waals surface area contributed by atoms with Crippen molar-refractivity contribution in [2.45, 2.75) is 56.7 Å². The van der Waals surface area contributed by atoms with Crippen LogP contribution in [0.4, 0.5) is 0 Å². The van der Waals surface area contributed by atoms with Crippen molar-refractivity contribution < 1.29 is 19.7 Å². The predicted octanol–water partition coefficient (Wildman–Crippen LogP) is 4.77. The van der Waals surface area contributed by atoms with Gasteiger partial charge in [0.15, 0.2) is 0 Å². The number of hydrogen-bond acceptors (Lipinski definition) is 4. The maximum atomic E-state index is 13.0. The molecule has 0 aromatic heterocycles. The van der Waals surface area contributed by atoms with Crippen molar-refractivity contribution in [2.75, 3.05) is 6.61 Å². The summed E-state index contributed by atoms with van der Waals surface area (Å²) < 4.78 is 6.38. The van der Waals surface area contributed by atoms with Gasteiger partial charge in [0.1, 0.15) is 11.2 Å². The predicted molar refractivity (Wildman–Crippen MR) is 114 cm³/mol. The van der Waals surface area contributed by atoms with E-state index >= 15 is 0 Å². The van der Waals surface area contributed by atoms with Gasteiger partial charge in [0.05, 0.1) is 12.5 Å². The lowest BCUT2D eigenvalue weighted by atomic mass is 9.54. The number of benzene rings is 2. The Hall–Kier alpha value is -1.69. The average molecular weight is 459 g/mol. The van der Waals surface area contributed by atoms with E-state index in [-0.39, 0.29) is 6.42 Å². The summed E-state index contributed by atoms with van der Waals surface area (Å²) in [6.45, 7) is 2.51. The van der Waals surface area contributed by atoms with Crippen molar-refractivity contribution in [3.63, 3.8) is 0 Å². The molecule has 5 rings (SSSR count). The lowest BCUT2D eigenvalue weighted by Crippen LogP contribution is -2.57. The van der Waals surface area contributed by atoms with E-state index in [4.69, 9.17) is 4.74 Å². The van der Waals surface area contributed by atoms with Crippen LogP contribution in [-0.4, -0.2) is 22.8 Å². The Balaban J connectivity index is 1.65. The van der Waals surface area contributed by atoms with Gasteiger partial charge in [-0.3, -0.25) is 4.79 Å². The van der Waals surface area contributed by atoms with Crippen molar-refractivity contribution in [1.29, 1.82) is 0 Å². The number of halogens is 1. The molecule has 5 heteroatoms. The number of esters is 1. The lowest BCUT2D eigenvalue weighted by Gasteiger charge is -2.53. The normalized spacial score (nSPS) is 26.7. The quantitative estimate of drug-likeness (QED) is 0.463. The standard InChI is InChI=1S/C24H27BrO4/c1-2-3-4-5-8-13-29-22(26)21-15-23(27)17-9-6-7-10-18(17)24(21,28)19-12-11-16(25)14-20(19)23/h6-7,9-12,14,21,27-28H,2-5,8,13,15H2,1H3. The fourth-order valence-electron chi connectivity index (χ4n) is 4.93. The van der Waals surface area contributed by atoms with Crippen LogP contribution in [-0.2, 0) is 20.7 Å². The van der Waals surface area contributed by atoms with Crippen molar-refractivity contribution >= 4 is 21.9 Å². The van der Waals surface area contributed by atoms with Crippen LogP contribution in [0.15, 0.2) is 46.9 Å². The molecule has 0 saturated carbocycles. The molecule has 0 radical (unpaired) electrons. The fraction of sp³-hybridized carbons (Fsp3) is 0.458. The summed E-state index contributed by atoms with van der Waals surface area (Å²) in [5, 5.41) is 23.6. The first kappa shape index (κ1) is 20.6. The van der Waals surface area contributed by atoms with Gasteiger partial charge in [-0.2, -0.15) is 0 Å². The van der Waals surface area contributed by atoms with Crippen molar-refractivity contribution in [3.8, 4) is 0 Å². The second-order valence-electron chi connectivity index (χ2n) is 8.20. The SMILES string of the molecule is CCCCCCCOC(=O)C1CC2(O)c3ccccc3C1(O)c1ccc(Br)cc12. The molecule has 3 atom stereocenters. The van der Waals surface area contributed by atoms with Crippen LogP contribution in [0.25, 0.3) is 0 Å². The Labute approximate surface area is 180 Å². The number of carbonyl (C=O) groups is 1. The van der Waals surface area contributed by atoms with E-state index in [1.165, 1.54) is 12.8 Å². The minimum atomic E-state index is -1.50. The lowest BCUT2D eigenvalue weighted by molar-refractivity contribution is -0.167. The monoisotopic (exact) mass is 458 g/mol. The Morgan fingerprint density at radius 2 is 1.72 bits per heavy atom. The molecule has 0 fully saturated rings. The van der Waals surface area contributed by atoms with Crippen LogP contribution >= 0.6 is 15.9 Å². The van der Waals surface area contributed by atoms with E-state index in [2.05, 4.69) is 22.9 Å². The van der Waals surface area contributed by atoms with E-state index < -0.39 is 23.1 Å². The number of carbonyl (C=O) groups excluding carboxylic acids is 1. The summed E-state index contributed by atoms with van der Waals surface area (Å²) in [6.07, 6.45) is 5.45. The minimum absolute atomic E-state index is 0.110. The maximum Gasteiger partial charge on any atom is 0.312 e. The minimum Gasteiger partial charge on any atom is -0.465 e. The number of hydrogen-bond donors (Lipinski definition) is 2. The first-order valence-electron chi connectivity index (χ1n) is 10.4. The molecule has 2 N–H and O–H groups in total. The van der Waals surface area contributed by atoms with Crippen LogP contribution < -0.4 is 0 Å². The van der Waals surface area contributed by atoms with Gasteiger partial charge >= 0.3 is 5.97 Å². The zero-order valence-electron chi connectivity index (χ0n) is 16.7. The number of aliphatic hydroxyl groups is 2. The summed E-state index contributed by atoms with van der Waals surface area (Å²) in [5.41, 5.74) is -0.346. The van der Waals surface area contributed by atoms with Crippen molar-refractivity contribution in [2.24, 2.45) is 5.92 Å². The highest BCUT2D eigenvalue weighted by Crippen LogP contribution is 2.60. The van der Waals surface area contributed by atoms with Crippen LogP contribution in [0.2, 0.25) is 0 Å². The van der Waals surface area contributed by atoms with E-state index in [9.17, 15) is 15.0 Å². The van der Waals surface area contributed by atoms with Crippen LogP contribution in [0.1, 0.15) is 67.7 Å². The number of rotatable bonds is 7. The first-order valence-corrected chi connectivity index (χ1v) is 11.2. The van der Waals surface area contributed by atoms with Gasteiger partial charge in [-0.1, -0.05) is 78.9 Å². The highest BCUT2D eigenvalue weighted by molar-refractivity contribution is 9.10. The zero-order chi connectivity index (χ0) is 20.6. The van der Waals surface area contributed by atoms with Crippen molar-refractivity contribution in [1.82, 2.24) is 0 Å². The van der Waals surface area contributed by atoms with E-state index in [1.807, 2.05) is 30.3 Å². The Morgan fingerprint density at radius 3 is 2.48 bits per heavy atom. The van der Waals surface area contributed by atoms with E-state index in [0.717, 1.165) is 23.7 Å². The third kappa shape index (κ3) is 3.24. The summed E-state index contributed by atoms with van der Waals surface area (Å²) >= 11 is 3.46. The molecule has 0 heterocycles. The Kier molecular flexibility index (Phi) is 5.58. The molecule has 0 aliphatic heterocycles. The molecule has 2 aromatic rings. The molecular weight excluding hydrogens is 432 g/mol. The smallest absolute Gasteiger partial charge is 0.312 e. The van der Waals surface area contributed by atoms with Gasteiger partial charge in [0.2, 0.25) is 0 Å². The average Bonchev–Trinajstić information content (AvgIpc) is 2.72. The molecule has 0 amide bonds.